The van der Waals surface area contributed by atoms with Crippen LogP contribution < -0.4 is 11.1 Å². The molecule has 3 atom stereocenters. The molecule has 0 aromatic carbocycles. The molecule has 3 N–H and O–H groups in total. The molecule has 138 valence electrons. The van der Waals surface area contributed by atoms with Crippen molar-refractivity contribution >= 4 is 66.1 Å². The SMILES string of the molecule is N[C@@H]1CCC[C@H](F)[C@@H]1c1sc2c(NCc3cccs3)cc(Cl)nc2c1Br. The predicted octanol–water partition coefficient (Wildman–Crippen LogP) is 6.32. The second kappa shape index (κ2) is 7.72. The number of aromatic nitrogens is 1. The molecular formula is C18H18BrClFN3S2. The van der Waals surface area contributed by atoms with Crippen molar-refractivity contribution in [2.75, 3.05) is 5.32 Å². The minimum atomic E-state index is -0.916. The summed E-state index contributed by atoms with van der Waals surface area (Å²) in [6.07, 6.45) is 1.35. The normalized spacial score (nSPS) is 23.5. The molecule has 0 unspecified atom stereocenters. The molecule has 3 aromatic rings. The Morgan fingerprint density at radius 2 is 2.27 bits per heavy atom. The Bertz CT molecular complexity index is 905. The third-order valence-electron chi connectivity index (χ3n) is 4.78. The highest BCUT2D eigenvalue weighted by atomic mass is 79.9. The van der Waals surface area contributed by atoms with E-state index in [9.17, 15) is 4.39 Å². The smallest absolute Gasteiger partial charge is 0.131 e. The Morgan fingerprint density at radius 1 is 1.42 bits per heavy atom. The van der Waals surface area contributed by atoms with Crippen LogP contribution >= 0.6 is 50.2 Å². The first-order valence-corrected chi connectivity index (χ1v) is 11.4. The van der Waals surface area contributed by atoms with E-state index in [1.165, 1.54) is 4.88 Å². The maximum Gasteiger partial charge on any atom is 0.131 e. The fraction of sp³-hybridized carbons (Fsp3) is 0.389. The van der Waals surface area contributed by atoms with Gasteiger partial charge in [0.2, 0.25) is 0 Å². The first-order chi connectivity index (χ1) is 12.5. The monoisotopic (exact) mass is 473 g/mol. The molecule has 3 nitrogen and oxygen atoms in total. The van der Waals surface area contributed by atoms with Crippen molar-refractivity contribution in [3.63, 3.8) is 0 Å². The van der Waals surface area contributed by atoms with E-state index in [1.807, 2.05) is 12.1 Å². The van der Waals surface area contributed by atoms with Crippen LogP contribution in [0.2, 0.25) is 5.15 Å². The highest BCUT2D eigenvalue weighted by Gasteiger charge is 2.36. The molecule has 0 bridgehead atoms. The lowest BCUT2D eigenvalue weighted by Gasteiger charge is -2.31. The van der Waals surface area contributed by atoms with Crippen LogP contribution in [0.25, 0.3) is 10.2 Å². The molecule has 1 aliphatic carbocycles. The van der Waals surface area contributed by atoms with Crippen LogP contribution in [0.1, 0.15) is 34.9 Å². The van der Waals surface area contributed by atoms with Crippen LogP contribution in [0.4, 0.5) is 10.1 Å². The molecule has 0 saturated heterocycles. The molecule has 3 aromatic heterocycles. The number of nitrogens with one attached hydrogen (secondary N) is 1. The van der Waals surface area contributed by atoms with Crippen molar-refractivity contribution in [3.05, 3.63) is 43.0 Å². The number of halogens is 3. The fourth-order valence-corrected chi connectivity index (χ4v) is 6.61. The van der Waals surface area contributed by atoms with E-state index in [2.05, 4.69) is 37.7 Å². The zero-order chi connectivity index (χ0) is 18.3. The van der Waals surface area contributed by atoms with E-state index in [4.69, 9.17) is 17.3 Å². The number of pyridine rings is 1. The van der Waals surface area contributed by atoms with Crippen LogP contribution in [0, 0.1) is 0 Å². The summed E-state index contributed by atoms with van der Waals surface area (Å²) in [5.74, 6) is -0.291. The zero-order valence-corrected chi connectivity index (χ0v) is 17.8. The van der Waals surface area contributed by atoms with Gasteiger partial charge in [-0.15, -0.1) is 22.7 Å². The van der Waals surface area contributed by atoms with Gasteiger partial charge in [0.1, 0.15) is 11.3 Å². The third kappa shape index (κ3) is 3.52. The standard InChI is InChI=1S/C18H18BrClFN3S2/c19-15-16-17(26-18(15)14-10(21)4-1-5-11(14)22)12(7-13(20)24-16)23-8-9-3-2-6-25-9/h2-3,6-7,10-11,14H,1,4-5,8,22H2,(H,23,24)/t10-,11+,14-/m0/s1. The number of alkyl halides is 1. The molecular weight excluding hydrogens is 457 g/mol. The van der Waals surface area contributed by atoms with E-state index in [0.29, 0.717) is 18.1 Å². The molecule has 1 aliphatic rings. The summed E-state index contributed by atoms with van der Waals surface area (Å²) >= 11 is 13.2. The number of anilines is 1. The van der Waals surface area contributed by atoms with Gasteiger partial charge in [-0.3, -0.25) is 0 Å². The summed E-state index contributed by atoms with van der Waals surface area (Å²) in [5.41, 5.74) is 7.96. The van der Waals surface area contributed by atoms with Gasteiger partial charge in [0.05, 0.1) is 20.4 Å². The quantitative estimate of drug-likeness (QED) is 0.435. The summed E-state index contributed by atoms with van der Waals surface area (Å²) in [7, 11) is 0. The van der Waals surface area contributed by atoms with Gasteiger partial charge in [0, 0.05) is 34.3 Å². The van der Waals surface area contributed by atoms with Gasteiger partial charge in [-0.05, 0) is 46.6 Å². The minimum absolute atomic E-state index is 0.166. The van der Waals surface area contributed by atoms with Gasteiger partial charge in [-0.2, -0.15) is 0 Å². The number of hydrogen-bond donors (Lipinski definition) is 2. The second-order valence-electron chi connectivity index (χ2n) is 6.52. The van der Waals surface area contributed by atoms with Crippen molar-refractivity contribution in [3.8, 4) is 0 Å². The van der Waals surface area contributed by atoms with Crippen molar-refractivity contribution in [1.82, 2.24) is 4.98 Å². The fourth-order valence-electron chi connectivity index (χ4n) is 3.50. The highest BCUT2D eigenvalue weighted by Crippen LogP contribution is 2.47. The van der Waals surface area contributed by atoms with Crippen LogP contribution in [-0.4, -0.2) is 17.2 Å². The van der Waals surface area contributed by atoms with Gasteiger partial charge >= 0.3 is 0 Å². The maximum absolute atomic E-state index is 14.7. The highest BCUT2D eigenvalue weighted by molar-refractivity contribution is 9.10. The Morgan fingerprint density at radius 3 is 3.00 bits per heavy atom. The average Bonchev–Trinajstić information content (AvgIpc) is 3.22. The summed E-state index contributed by atoms with van der Waals surface area (Å²) in [5, 5.41) is 5.92. The van der Waals surface area contributed by atoms with Crippen molar-refractivity contribution in [1.29, 1.82) is 0 Å². The summed E-state index contributed by atoms with van der Waals surface area (Å²) < 4.78 is 16.5. The van der Waals surface area contributed by atoms with Crippen LogP contribution in [-0.2, 0) is 6.54 Å². The molecule has 3 heterocycles. The molecule has 0 radical (unpaired) electrons. The van der Waals surface area contributed by atoms with Gasteiger partial charge in [0.25, 0.3) is 0 Å². The Balaban J connectivity index is 1.74. The number of fused-ring (bicyclic) bond motifs is 1. The molecule has 4 rings (SSSR count). The molecule has 0 amide bonds. The molecule has 8 heteroatoms. The number of thiophene rings is 2. The lowest BCUT2D eigenvalue weighted by Crippen LogP contribution is -2.37. The predicted molar refractivity (Wildman–Crippen MR) is 113 cm³/mol. The zero-order valence-electron chi connectivity index (χ0n) is 13.8. The Kier molecular flexibility index (Phi) is 5.53. The van der Waals surface area contributed by atoms with E-state index < -0.39 is 6.17 Å². The molecule has 1 saturated carbocycles. The van der Waals surface area contributed by atoms with E-state index in [1.54, 1.807) is 22.7 Å². The first-order valence-electron chi connectivity index (χ1n) is 8.49. The average molecular weight is 475 g/mol. The topological polar surface area (TPSA) is 50.9 Å². The summed E-state index contributed by atoms with van der Waals surface area (Å²) in [6, 6.07) is 5.78. The van der Waals surface area contributed by atoms with Crippen LogP contribution in [0.5, 0.6) is 0 Å². The van der Waals surface area contributed by atoms with E-state index in [-0.39, 0.29) is 12.0 Å². The summed E-state index contributed by atoms with van der Waals surface area (Å²) in [4.78, 5) is 6.65. The lowest BCUT2D eigenvalue weighted by molar-refractivity contribution is 0.198. The Labute approximate surface area is 172 Å². The molecule has 26 heavy (non-hydrogen) atoms. The molecule has 1 fully saturated rings. The Hall–Kier alpha value is -0.730. The van der Waals surface area contributed by atoms with E-state index >= 15 is 0 Å². The largest absolute Gasteiger partial charge is 0.379 e. The van der Waals surface area contributed by atoms with Gasteiger partial charge in [-0.1, -0.05) is 17.7 Å². The maximum atomic E-state index is 14.7. The molecule has 0 spiro atoms. The van der Waals surface area contributed by atoms with Gasteiger partial charge in [-0.25, -0.2) is 9.37 Å². The van der Waals surface area contributed by atoms with Crippen molar-refractivity contribution in [2.24, 2.45) is 5.73 Å². The first kappa shape index (κ1) is 18.6. The van der Waals surface area contributed by atoms with E-state index in [0.717, 1.165) is 38.1 Å². The van der Waals surface area contributed by atoms with Crippen LogP contribution in [0.15, 0.2) is 28.1 Å². The molecule has 0 aliphatic heterocycles. The summed E-state index contributed by atoms with van der Waals surface area (Å²) in [6.45, 7) is 0.715. The minimum Gasteiger partial charge on any atom is -0.379 e. The lowest BCUT2D eigenvalue weighted by atomic mass is 9.82. The van der Waals surface area contributed by atoms with Crippen molar-refractivity contribution in [2.45, 2.75) is 43.9 Å². The van der Waals surface area contributed by atoms with Gasteiger partial charge < -0.3 is 11.1 Å². The van der Waals surface area contributed by atoms with Gasteiger partial charge in [0.15, 0.2) is 0 Å². The second-order valence-corrected chi connectivity index (χ2v) is 9.78. The third-order valence-corrected chi connectivity index (χ3v) is 8.23. The number of rotatable bonds is 4. The van der Waals surface area contributed by atoms with Crippen molar-refractivity contribution < 1.29 is 4.39 Å². The van der Waals surface area contributed by atoms with Crippen LogP contribution in [0.3, 0.4) is 0 Å². The number of hydrogen-bond acceptors (Lipinski definition) is 5. The number of nitrogens with zero attached hydrogens (tertiary/aromatic N) is 1. The number of nitrogens with two attached hydrogens (primary N) is 1.